The molecule has 1 saturated heterocycles. The van der Waals surface area contributed by atoms with Crippen molar-refractivity contribution in [1.82, 2.24) is 0 Å². The Hall–Kier alpha value is -0.430. The topological polar surface area (TPSA) is 0 Å². The first-order valence-corrected chi connectivity index (χ1v) is 7.00. The highest BCUT2D eigenvalue weighted by molar-refractivity contribution is 8.04. The van der Waals surface area contributed by atoms with Crippen LogP contribution in [0.5, 0.6) is 0 Å². The molecule has 80 valence electrons. The van der Waals surface area contributed by atoms with Crippen LogP contribution in [0, 0.1) is 11.8 Å². The van der Waals surface area contributed by atoms with Gasteiger partial charge in [0, 0.05) is 5.25 Å². The summed E-state index contributed by atoms with van der Waals surface area (Å²) >= 11 is 2.18. The smallest absolute Gasteiger partial charge is 0.0163 e. The van der Waals surface area contributed by atoms with Crippen molar-refractivity contribution in [2.75, 3.05) is 0 Å². The summed E-state index contributed by atoms with van der Waals surface area (Å²) < 4.78 is 0. The summed E-state index contributed by atoms with van der Waals surface area (Å²) in [6.07, 6.45) is 18.5. The van der Waals surface area contributed by atoms with Crippen molar-refractivity contribution in [3.05, 3.63) is 35.3 Å². The largest absolute Gasteiger partial charge is 0.127 e. The van der Waals surface area contributed by atoms with Gasteiger partial charge in [0.05, 0.1) is 0 Å². The number of hydrogen-bond donors (Lipinski definition) is 0. The maximum Gasteiger partial charge on any atom is 0.0163 e. The molecule has 0 saturated carbocycles. The molecule has 1 fully saturated rings. The van der Waals surface area contributed by atoms with Crippen molar-refractivity contribution >= 4 is 11.8 Å². The molecule has 3 unspecified atom stereocenters. The molecule has 1 heteroatoms. The van der Waals surface area contributed by atoms with Crippen molar-refractivity contribution in [1.29, 1.82) is 0 Å². The summed E-state index contributed by atoms with van der Waals surface area (Å²) in [4.78, 5) is 1.71. The second-order valence-electron chi connectivity index (χ2n) is 4.76. The molecular formula is C14H18S. The van der Waals surface area contributed by atoms with Gasteiger partial charge in [0.15, 0.2) is 0 Å². The Bertz CT molecular complexity index is 324. The molecule has 0 aromatic heterocycles. The number of hydrogen-bond acceptors (Lipinski definition) is 1. The van der Waals surface area contributed by atoms with E-state index >= 15 is 0 Å². The Morgan fingerprint density at radius 3 is 2.80 bits per heavy atom. The Morgan fingerprint density at radius 2 is 1.80 bits per heavy atom. The second-order valence-corrected chi connectivity index (χ2v) is 6.07. The highest BCUT2D eigenvalue weighted by atomic mass is 32.2. The van der Waals surface area contributed by atoms with Gasteiger partial charge in [0.1, 0.15) is 0 Å². The van der Waals surface area contributed by atoms with Crippen LogP contribution in [0.3, 0.4) is 0 Å². The summed E-state index contributed by atoms with van der Waals surface area (Å²) in [6, 6.07) is 0. The van der Waals surface area contributed by atoms with Crippen LogP contribution < -0.4 is 0 Å². The van der Waals surface area contributed by atoms with E-state index in [9.17, 15) is 0 Å². The van der Waals surface area contributed by atoms with Gasteiger partial charge in [-0.25, -0.2) is 0 Å². The fourth-order valence-electron chi connectivity index (χ4n) is 3.02. The van der Waals surface area contributed by atoms with Gasteiger partial charge < -0.3 is 0 Å². The van der Waals surface area contributed by atoms with Crippen molar-refractivity contribution in [2.24, 2.45) is 11.8 Å². The maximum atomic E-state index is 2.51. The van der Waals surface area contributed by atoms with Gasteiger partial charge in [-0.3, -0.25) is 0 Å². The molecule has 0 N–H and O–H groups in total. The SMILES string of the molecule is C1=CCC2C(=CCC1)SC1CC=CCC12. The van der Waals surface area contributed by atoms with Crippen LogP contribution in [0.25, 0.3) is 0 Å². The molecule has 3 rings (SSSR count). The van der Waals surface area contributed by atoms with E-state index < -0.39 is 0 Å². The lowest BCUT2D eigenvalue weighted by molar-refractivity contribution is 0.389. The maximum absolute atomic E-state index is 2.51. The third kappa shape index (κ3) is 1.82. The van der Waals surface area contributed by atoms with Crippen LogP contribution in [0.2, 0.25) is 0 Å². The van der Waals surface area contributed by atoms with Gasteiger partial charge in [-0.15, -0.1) is 11.8 Å². The lowest BCUT2D eigenvalue weighted by atomic mass is 9.80. The van der Waals surface area contributed by atoms with Crippen molar-refractivity contribution in [3.8, 4) is 0 Å². The molecule has 3 aliphatic rings. The van der Waals surface area contributed by atoms with E-state index in [2.05, 4.69) is 42.1 Å². The third-order valence-electron chi connectivity index (χ3n) is 3.83. The molecular weight excluding hydrogens is 200 g/mol. The number of allylic oxidation sites excluding steroid dienone is 6. The summed E-state index contributed by atoms with van der Waals surface area (Å²) in [5.74, 6) is 1.77. The molecule has 2 aliphatic carbocycles. The molecule has 1 heterocycles. The third-order valence-corrected chi connectivity index (χ3v) is 5.41. The number of thioether (sulfide) groups is 1. The predicted octanol–water partition coefficient (Wildman–Crippen LogP) is 4.31. The number of fused-ring (bicyclic) bond motifs is 3. The van der Waals surface area contributed by atoms with E-state index in [4.69, 9.17) is 0 Å². The lowest BCUT2D eigenvalue weighted by Crippen LogP contribution is -2.20. The first-order valence-electron chi connectivity index (χ1n) is 6.12. The summed E-state index contributed by atoms with van der Waals surface area (Å²) in [6.45, 7) is 0. The monoisotopic (exact) mass is 218 g/mol. The number of rotatable bonds is 0. The highest BCUT2D eigenvalue weighted by Gasteiger charge is 2.39. The van der Waals surface area contributed by atoms with Crippen LogP contribution >= 0.6 is 11.8 Å². The minimum atomic E-state index is 0.849. The van der Waals surface area contributed by atoms with E-state index in [1.807, 2.05) is 0 Å². The quantitative estimate of drug-likeness (QED) is 0.546. The van der Waals surface area contributed by atoms with Crippen LogP contribution in [0.1, 0.15) is 32.1 Å². The average Bonchev–Trinajstić information content (AvgIpc) is 2.55. The van der Waals surface area contributed by atoms with Crippen molar-refractivity contribution in [3.63, 3.8) is 0 Å². The second kappa shape index (κ2) is 4.21. The summed E-state index contributed by atoms with van der Waals surface area (Å²) in [5, 5.41) is 0.887. The Kier molecular flexibility index (Phi) is 2.74. The molecule has 15 heavy (non-hydrogen) atoms. The van der Waals surface area contributed by atoms with Crippen LogP contribution in [0.15, 0.2) is 35.3 Å². The van der Waals surface area contributed by atoms with Gasteiger partial charge in [-0.05, 0) is 48.8 Å². The van der Waals surface area contributed by atoms with Crippen molar-refractivity contribution < 1.29 is 0 Å². The van der Waals surface area contributed by atoms with Crippen LogP contribution in [-0.2, 0) is 0 Å². The van der Waals surface area contributed by atoms with E-state index in [-0.39, 0.29) is 0 Å². The fourth-order valence-corrected chi connectivity index (χ4v) is 4.71. The lowest BCUT2D eigenvalue weighted by Gasteiger charge is -2.24. The molecule has 0 spiro atoms. The summed E-state index contributed by atoms with van der Waals surface area (Å²) in [7, 11) is 0. The predicted molar refractivity (Wildman–Crippen MR) is 67.8 cm³/mol. The molecule has 0 nitrogen and oxygen atoms in total. The fraction of sp³-hybridized carbons (Fsp3) is 0.571. The minimum Gasteiger partial charge on any atom is -0.127 e. The highest BCUT2D eigenvalue weighted by Crippen LogP contribution is 2.52. The molecule has 0 aromatic rings. The van der Waals surface area contributed by atoms with Gasteiger partial charge in [0.2, 0.25) is 0 Å². The zero-order valence-corrected chi connectivity index (χ0v) is 9.88. The first-order chi connectivity index (χ1) is 7.45. The van der Waals surface area contributed by atoms with Gasteiger partial charge in [-0.2, -0.15) is 0 Å². The molecule has 1 aliphatic heterocycles. The standard InChI is InChI=1S/C14H18S/c1-2-4-9-13-11(7-3-1)12-8-5-6-10-14(12)15-13/h1,3,5-6,9,11-12,14H,2,4,7-8,10H2. The molecule has 0 radical (unpaired) electrons. The van der Waals surface area contributed by atoms with Crippen LogP contribution in [-0.4, -0.2) is 5.25 Å². The first kappa shape index (κ1) is 9.77. The van der Waals surface area contributed by atoms with Gasteiger partial charge in [-0.1, -0.05) is 30.4 Å². The normalized spacial score (nSPS) is 38.9. The van der Waals surface area contributed by atoms with Gasteiger partial charge >= 0.3 is 0 Å². The molecule has 3 atom stereocenters. The Morgan fingerprint density at radius 1 is 0.933 bits per heavy atom. The molecule has 0 aromatic carbocycles. The van der Waals surface area contributed by atoms with Crippen LogP contribution in [0.4, 0.5) is 0 Å². The minimum absolute atomic E-state index is 0.849. The molecule has 0 amide bonds. The van der Waals surface area contributed by atoms with E-state index in [1.54, 1.807) is 4.91 Å². The average molecular weight is 218 g/mol. The van der Waals surface area contributed by atoms with Crippen molar-refractivity contribution in [2.45, 2.75) is 37.4 Å². The summed E-state index contributed by atoms with van der Waals surface area (Å²) in [5.41, 5.74) is 0. The zero-order chi connectivity index (χ0) is 10.1. The van der Waals surface area contributed by atoms with Gasteiger partial charge in [0.25, 0.3) is 0 Å². The van der Waals surface area contributed by atoms with E-state index in [0.717, 1.165) is 17.1 Å². The zero-order valence-electron chi connectivity index (χ0n) is 9.06. The van der Waals surface area contributed by atoms with E-state index in [0.29, 0.717) is 0 Å². The molecule has 0 bridgehead atoms. The van der Waals surface area contributed by atoms with E-state index in [1.165, 1.54) is 32.1 Å². The Labute approximate surface area is 96.5 Å². The Balaban J connectivity index is 1.86.